The molecule has 0 amide bonds. The third kappa shape index (κ3) is 5.23. The minimum absolute atomic E-state index is 0. The standard InChI is InChI=1S/C21H26F3N3S.ClH/c22-21(23,24)19-14-17(18-12-7-13-28-18)25-20(26-19)27(15-8-3-1-4-9-15)16-10-5-2-6-11-16;/h7,12-16H,1-6,8-11H2;1H. The van der Waals surface area contributed by atoms with Gasteiger partial charge in [0.1, 0.15) is 0 Å². The lowest BCUT2D eigenvalue weighted by molar-refractivity contribution is -0.141. The first-order valence-corrected chi connectivity index (χ1v) is 11.2. The van der Waals surface area contributed by atoms with Gasteiger partial charge in [-0.3, -0.25) is 0 Å². The zero-order chi connectivity index (χ0) is 19.6. The SMILES string of the molecule is Cl.FC(F)(F)c1cc(-c2cccs2)nc(N(C2CCCCC2)C2CCCCC2)n1. The molecule has 0 bridgehead atoms. The topological polar surface area (TPSA) is 29.0 Å². The summed E-state index contributed by atoms with van der Waals surface area (Å²) in [6.45, 7) is 0. The first kappa shape index (κ1) is 22.3. The number of nitrogens with zero attached hydrogens (tertiary/aromatic N) is 3. The lowest BCUT2D eigenvalue weighted by Gasteiger charge is -2.42. The molecule has 0 atom stereocenters. The predicted octanol–water partition coefficient (Wildman–Crippen LogP) is 7.12. The van der Waals surface area contributed by atoms with Crippen molar-refractivity contribution in [2.75, 3.05) is 4.90 Å². The van der Waals surface area contributed by atoms with Crippen molar-refractivity contribution in [2.24, 2.45) is 0 Å². The quantitative estimate of drug-likeness (QED) is 0.501. The minimum atomic E-state index is -4.48. The number of thiophene rings is 1. The fourth-order valence-electron chi connectivity index (χ4n) is 4.59. The molecule has 0 unspecified atom stereocenters. The molecule has 2 heterocycles. The van der Waals surface area contributed by atoms with Gasteiger partial charge in [0.2, 0.25) is 5.95 Å². The highest BCUT2D eigenvalue weighted by molar-refractivity contribution is 7.13. The van der Waals surface area contributed by atoms with Crippen LogP contribution in [0.15, 0.2) is 23.6 Å². The van der Waals surface area contributed by atoms with Crippen LogP contribution in [0.5, 0.6) is 0 Å². The Hall–Kier alpha value is -1.34. The highest BCUT2D eigenvalue weighted by Gasteiger charge is 2.37. The molecule has 2 aromatic heterocycles. The Kier molecular flexibility index (Phi) is 7.43. The molecule has 0 spiro atoms. The van der Waals surface area contributed by atoms with E-state index in [4.69, 9.17) is 0 Å². The molecule has 0 aliphatic heterocycles. The summed E-state index contributed by atoms with van der Waals surface area (Å²) in [4.78, 5) is 11.6. The van der Waals surface area contributed by atoms with Gasteiger partial charge < -0.3 is 4.90 Å². The van der Waals surface area contributed by atoms with Gasteiger partial charge in [-0.2, -0.15) is 13.2 Å². The molecule has 3 nitrogen and oxygen atoms in total. The zero-order valence-corrected chi connectivity index (χ0v) is 18.0. The van der Waals surface area contributed by atoms with E-state index in [9.17, 15) is 13.2 Å². The summed E-state index contributed by atoms with van der Waals surface area (Å²) in [7, 11) is 0. The average molecular weight is 446 g/mol. The van der Waals surface area contributed by atoms with Crippen molar-refractivity contribution in [3.63, 3.8) is 0 Å². The Morgan fingerprint density at radius 3 is 1.97 bits per heavy atom. The second kappa shape index (κ2) is 9.65. The van der Waals surface area contributed by atoms with E-state index < -0.39 is 11.9 Å². The molecule has 29 heavy (non-hydrogen) atoms. The summed E-state index contributed by atoms with van der Waals surface area (Å²) in [5.41, 5.74) is -0.457. The minimum Gasteiger partial charge on any atom is -0.335 e. The highest BCUT2D eigenvalue weighted by Crippen LogP contribution is 2.37. The van der Waals surface area contributed by atoms with E-state index >= 15 is 0 Å². The van der Waals surface area contributed by atoms with Crippen LogP contribution in [-0.2, 0) is 6.18 Å². The number of hydrogen-bond donors (Lipinski definition) is 0. The van der Waals surface area contributed by atoms with Crippen LogP contribution in [0, 0.1) is 0 Å². The van der Waals surface area contributed by atoms with Gasteiger partial charge in [0.25, 0.3) is 0 Å². The second-order valence-corrected chi connectivity index (χ2v) is 8.85. The van der Waals surface area contributed by atoms with Crippen LogP contribution >= 0.6 is 23.7 Å². The monoisotopic (exact) mass is 445 g/mol. The van der Waals surface area contributed by atoms with Gasteiger partial charge in [-0.25, -0.2) is 9.97 Å². The Balaban J connectivity index is 0.00000240. The van der Waals surface area contributed by atoms with Gasteiger partial charge in [0.05, 0.1) is 10.6 Å². The van der Waals surface area contributed by atoms with E-state index in [2.05, 4.69) is 14.9 Å². The van der Waals surface area contributed by atoms with E-state index in [1.807, 2.05) is 17.5 Å². The maximum atomic E-state index is 13.6. The summed E-state index contributed by atoms with van der Waals surface area (Å²) >= 11 is 1.41. The molecular formula is C21H27ClF3N3S. The predicted molar refractivity (Wildman–Crippen MR) is 114 cm³/mol. The number of halogens is 4. The molecule has 2 saturated carbocycles. The Morgan fingerprint density at radius 1 is 0.897 bits per heavy atom. The summed E-state index contributed by atoms with van der Waals surface area (Å²) in [6.07, 6.45) is 6.53. The third-order valence-corrected chi connectivity index (χ3v) is 6.84. The Bertz CT molecular complexity index is 752. The first-order chi connectivity index (χ1) is 13.5. The van der Waals surface area contributed by atoms with Crippen molar-refractivity contribution in [1.29, 1.82) is 0 Å². The van der Waals surface area contributed by atoms with Crippen LogP contribution in [0.1, 0.15) is 69.9 Å². The fourth-order valence-corrected chi connectivity index (χ4v) is 5.28. The number of anilines is 1. The highest BCUT2D eigenvalue weighted by atomic mass is 35.5. The Labute approximate surface area is 180 Å². The fraction of sp³-hybridized carbons (Fsp3) is 0.619. The average Bonchev–Trinajstić information content (AvgIpc) is 3.24. The molecule has 2 fully saturated rings. The van der Waals surface area contributed by atoms with Crippen molar-refractivity contribution in [1.82, 2.24) is 9.97 Å². The zero-order valence-electron chi connectivity index (χ0n) is 16.3. The van der Waals surface area contributed by atoms with Crippen molar-refractivity contribution in [3.8, 4) is 10.6 Å². The lowest BCUT2D eigenvalue weighted by atomic mass is 9.89. The number of aromatic nitrogens is 2. The molecule has 2 aromatic rings. The maximum Gasteiger partial charge on any atom is 0.433 e. The molecule has 0 radical (unpaired) electrons. The summed E-state index contributed by atoms with van der Waals surface area (Å²) in [5.74, 6) is 0.275. The smallest absolute Gasteiger partial charge is 0.335 e. The van der Waals surface area contributed by atoms with Gasteiger partial charge in [0, 0.05) is 12.1 Å². The van der Waals surface area contributed by atoms with Crippen molar-refractivity contribution < 1.29 is 13.2 Å². The molecule has 4 rings (SSSR count). The molecule has 8 heteroatoms. The van der Waals surface area contributed by atoms with Crippen LogP contribution in [0.2, 0.25) is 0 Å². The van der Waals surface area contributed by atoms with Crippen molar-refractivity contribution in [2.45, 2.75) is 82.5 Å². The number of hydrogen-bond acceptors (Lipinski definition) is 4. The van der Waals surface area contributed by atoms with Gasteiger partial charge in [-0.15, -0.1) is 23.7 Å². The van der Waals surface area contributed by atoms with Crippen LogP contribution in [-0.4, -0.2) is 22.1 Å². The van der Waals surface area contributed by atoms with Gasteiger partial charge >= 0.3 is 6.18 Å². The van der Waals surface area contributed by atoms with Crippen LogP contribution in [0.4, 0.5) is 19.1 Å². The van der Waals surface area contributed by atoms with Gasteiger partial charge in [-0.1, -0.05) is 44.6 Å². The summed E-state index contributed by atoms with van der Waals surface area (Å²) < 4.78 is 40.9. The maximum absolute atomic E-state index is 13.6. The van der Waals surface area contributed by atoms with Gasteiger partial charge in [0.15, 0.2) is 5.69 Å². The molecule has 2 aliphatic carbocycles. The van der Waals surface area contributed by atoms with E-state index in [0.717, 1.165) is 62.3 Å². The van der Waals surface area contributed by atoms with E-state index in [0.29, 0.717) is 5.69 Å². The van der Waals surface area contributed by atoms with Crippen molar-refractivity contribution in [3.05, 3.63) is 29.3 Å². The normalized spacial score (nSPS) is 19.0. The van der Waals surface area contributed by atoms with Crippen LogP contribution in [0.25, 0.3) is 10.6 Å². The largest absolute Gasteiger partial charge is 0.433 e. The third-order valence-electron chi connectivity index (χ3n) is 5.95. The van der Waals surface area contributed by atoms with Crippen LogP contribution in [0.3, 0.4) is 0 Å². The molecule has 160 valence electrons. The summed E-state index contributed by atoms with van der Waals surface area (Å²) in [5, 5.41) is 1.87. The molecular weight excluding hydrogens is 419 g/mol. The number of rotatable bonds is 4. The van der Waals surface area contributed by atoms with E-state index in [1.54, 1.807) is 0 Å². The van der Waals surface area contributed by atoms with E-state index in [1.165, 1.54) is 24.2 Å². The lowest BCUT2D eigenvalue weighted by Crippen LogP contribution is -2.46. The summed E-state index contributed by atoms with van der Waals surface area (Å²) in [6, 6.07) is 5.25. The first-order valence-electron chi connectivity index (χ1n) is 10.3. The number of alkyl halides is 3. The van der Waals surface area contributed by atoms with Crippen LogP contribution < -0.4 is 4.90 Å². The van der Waals surface area contributed by atoms with Crippen molar-refractivity contribution >= 4 is 29.7 Å². The van der Waals surface area contributed by atoms with E-state index in [-0.39, 0.29) is 30.4 Å². The van der Waals surface area contributed by atoms with Gasteiger partial charge in [-0.05, 0) is 43.2 Å². The molecule has 0 aromatic carbocycles. The Morgan fingerprint density at radius 2 is 1.48 bits per heavy atom. The molecule has 0 saturated heterocycles. The second-order valence-electron chi connectivity index (χ2n) is 7.90. The molecule has 0 N–H and O–H groups in total. The molecule has 2 aliphatic rings.